The lowest BCUT2D eigenvalue weighted by molar-refractivity contribution is -0.128. The first kappa shape index (κ1) is 15.0. The van der Waals surface area contributed by atoms with Crippen LogP contribution in [0, 0.1) is 11.3 Å². The Hall–Kier alpha value is -1.35. The van der Waals surface area contributed by atoms with Crippen LogP contribution in [0.15, 0.2) is 30.3 Å². The lowest BCUT2D eigenvalue weighted by Gasteiger charge is -2.35. The van der Waals surface area contributed by atoms with E-state index in [2.05, 4.69) is 38.2 Å². The molecule has 0 bridgehead atoms. The van der Waals surface area contributed by atoms with Gasteiger partial charge in [0.15, 0.2) is 0 Å². The van der Waals surface area contributed by atoms with Gasteiger partial charge in [-0.25, -0.2) is 0 Å². The molecule has 3 N–H and O–H groups in total. The van der Waals surface area contributed by atoms with Crippen LogP contribution >= 0.6 is 0 Å². The van der Waals surface area contributed by atoms with Crippen molar-refractivity contribution in [2.45, 2.75) is 52.1 Å². The van der Waals surface area contributed by atoms with Gasteiger partial charge in [0.25, 0.3) is 0 Å². The van der Waals surface area contributed by atoms with Crippen molar-refractivity contribution < 1.29 is 4.79 Å². The Bertz CT molecular complexity index is 470. The van der Waals surface area contributed by atoms with Gasteiger partial charge in [-0.1, -0.05) is 51.1 Å². The zero-order chi connectivity index (χ0) is 15.0. The Morgan fingerprint density at radius 2 is 1.75 bits per heavy atom. The van der Waals surface area contributed by atoms with Gasteiger partial charge < -0.3 is 11.1 Å². The van der Waals surface area contributed by atoms with Gasteiger partial charge in [-0.05, 0) is 36.7 Å². The van der Waals surface area contributed by atoms with Crippen LogP contribution in [0.3, 0.4) is 0 Å². The molecule has 1 aliphatic carbocycles. The van der Waals surface area contributed by atoms with Crippen molar-refractivity contribution >= 4 is 5.91 Å². The summed E-state index contributed by atoms with van der Waals surface area (Å²) < 4.78 is 0. The molecule has 1 aliphatic rings. The second-order valence-corrected chi connectivity index (χ2v) is 7.24. The number of hydrogen-bond donors (Lipinski definition) is 2. The molecular formula is C17H26N2O. The average molecular weight is 274 g/mol. The highest BCUT2D eigenvalue weighted by Gasteiger charge is 2.45. The highest BCUT2D eigenvalue weighted by atomic mass is 16.2. The molecule has 1 saturated carbocycles. The van der Waals surface area contributed by atoms with E-state index in [1.54, 1.807) is 0 Å². The maximum absolute atomic E-state index is 12.5. The van der Waals surface area contributed by atoms with Gasteiger partial charge in [-0.2, -0.15) is 0 Å². The first-order valence-corrected chi connectivity index (χ1v) is 7.37. The van der Waals surface area contributed by atoms with Gasteiger partial charge in [-0.3, -0.25) is 4.79 Å². The van der Waals surface area contributed by atoms with E-state index in [0.717, 1.165) is 18.4 Å². The largest absolute Gasteiger partial charge is 0.347 e. The second kappa shape index (κ2) is 5.21. The monoisotopic (exact) mass is 274 g/mol. The third-order valence-corrected chi connectivity index (χ3v) is 4.19. The lowest BCUT2D eigenvalue weighted by atomic mass is 9.81. The summed E-state index contributed by atoms with van der Waals surface area (Å²) in [7, 11) is 0. The van der Waals surface area contributed by atoms with Crippen LogP contribution in [0.1, 0.15) is 52.1 Å². The maximum atomic E-state index is 12.5. The Labute approximate surface area is 121 Å². The highest BCUT2D eigenvalue weighted by Crippen LogP contribution is 2.39. The molecule has 0 saturated heterocycles. The molecule has 0 radical (unpaired) electrons. The molecule has 0 heterocycles. The SMILES string of the molecule is CC(C)(C)C(NC(=O)C(C)(N)C1CC1)c1ccccc1. The third-order valence-electron chi connectivity index (χ3n) is 4.19. The van der Waals surface area contributed by atoms with Gasteiger partial charge >= 0.3 is 0 Å². The molecule has 110 valence electrons. The van der Waals surface area contributed by atoms with Crippen molar-refractivity contribution in [3.8, 4) is 0 Å². The number of carbonyl (C=O) groups excluding carboxylic acids is 1. The minimum atomic E-state index is -0.752. The van der Waals surface area contributed by atoms with Crippen LogP contribution in [0.5, 0.6) is 0 Å². The first-order chi connectivity index (χ1) is 9.23. The molecule has 1 fully saturated rings. The van der Waals surface area contributed by atoms with Gasteiger partial charge in [0.2, 0.25) is 5.91 Å². The number of nitrogens with one attached hydrogen (secondary N) is 1. The Morgan fingerprint density at radius 3 is 2.20 bits per heavy atom. The minimum Gasteiger partial charge on any atom is -0.347 e. The van der Waals surface area contributed by atoms with E-state index in [0.29, 0.717) is 5.92 Å². The van der Waals surface area contributed by atoms with Gasteiger partial charge in [-0.15, -0.1) is 0 Å². The summed E-state index contributed by atoms with van der Waals surface area (Å²) in [5.41, 5.74) is 6.54. The van der Waals surface area contributed by atoms with Crippen molar-refractivity contribution in [3.05, 3.63) is 35.9 Å². The van der Waals surface area contributed by atoms with Gasteiger partial charge in [0, 0.05) is 0 Å². The predicted molar refractivity (Wildman–Crippen MR) is 82.1 cm³/mol. The number of nitrogens with two attached hydrogens (primary N) is 1. The number of carbonyl (C=O) groups is 1. The van der Waals surface area contributed by atoms with Crippen molar-refractivity contribution in [2.24, 2.45) is 17.1 Å². The van der Waals surface area contributed by atoms with Gasteiger partial charge in [0.1, 0.15) is 0 Å². The summed E-state index contributed by atoms with van der Waals surface area (Å²) in [4.78, 5) is 12.5. The number of amides is 1. The average Bonchev–Trinajstić information content (AvgIpc) is 3.19. The fraction of sp³-hybridized carbons (Fsp3) is 0.588. The molecule has 20 heavy (non-hydrogen) atoms. The second-order valence-electron chi connectivity index (χ2n) is 7.24. The van der Waals surface area contributed by atoms with E-state index in [1.807, 2.05) is 25.1 Å². The van der Waals surface area contributed by atoms with Crippen molar-refractivity contribution in [1.29, 1.82) is 0 Å². The van der Waals surface area contributed by atoms with E-state index in [1.165, 1.54) is 0 Å². The maximum Gasteiger partial charge on any atom is 0.240 e. The standard InChI is InChI=1S/C17H26N2O/c1-16(2,3)14(12-8-6-5-7-9-12)19-15(20)17(4,18)13-10-11-13/h5-9,13-14H,10-11,18H2,1-4H3,(H,19,20). The smallest absolute Gasteiger partial charge is 0.240 e. The van der Waals surface area contributed by atoms with E-state index >= 15 is 0 Å². The molecule has 2 atom stereocenters. The highest BCUT2D eigenvalue weighted by molar-refractivity contribution is 5.86. The summed E-state index contributed by atoms with van der Waals surface area (Å²) in [6.07, 6.45) is 2.12. The first-order valence-electron chi connectivity index (χ1n) is 7.37. The molecule has 1 aromatic rings. The van der Waals surface area contributed by atoms with Crippen molar-refractivity contribution in [2.75, 3.05) is 0 Å². The Kier molecular flexibility index (Phi) is 3.92. The molecule has 0 aliphatic heterocycles. The predicted octanol–water partition coefficient (Wildman–Crippen LogP) is 3.02. The van der Waals surface area contributed by atoms with Crippen LogP contribution in [0.4, 0.5) is 0 Å². The molecule has 3 heteroatoms. The minimum absolute atomic E-state index is 0.0298. The van der Waals surface area contributed by atoms with E-state index < -0.39 is 5.54 Å². The van der Waals surface area contributed by atoms with Crippen LogP contribution in [-0.2, 0) is 4.79 Å². The number of rotatable bonds is 4. The zero-order valence-corrected chi connectivity index (χ0v) is 12.9. The van der Waals surface area contributed by atoms with Crippen LogP contribution < -0.4 is 11.1 Å². The summed E-state index contributed by atoms with van der Waals surface area (Å²) in [5, 5.41) is 3.17. The molecular weight excluding hydrogens is 248 g/mol. The summed E-state index contributed by atoms with van der Waals surface area (Å²) in [5.74, 6) is 0.294. The van der Waals surface area contributed by atoms with E-state index in [-0.39, 0.29) is 17.4 Å². The molecule has 2 rings (SSSR count). The van der Waals surface area contributed by atoms with E-state index in [9.17, 15) is 4.79 Å². The molecule has 1 amide bonds. The van der Waals surface area contributed by atoms with Crippen molar-refractivity contribution in [3.63, 3.8) is 0 Å². The lowest BCUT2D eigenvalue weighted by Crippen LogP contribution is -2.55. The topological polar surface area (TPSA) is 55.1 Å². The van der Waals surface area contributed by atoms with Crippen LogP contribution in [0.2, 0.25) is 0 Å². The normalized spacial score (nSPS) is 20.1. The molecule has 1 aromatic carbocycles. The summed E-state index contributed by atoms with van der Waals surface area (Å²) in [6, 6.07) is 10.1. The quantitative estimate of drug-likeness (QED) is 0.886. The number of hydrogen-bond acceptors (Lipinski definition) is 2. The van der Waals surface area contributed by atoms with Crippen molar-refractivity contribution in [1.82, 2.24) is 5.32 Å². The van der Waals surface area contributed by atoms with Crippen LogP contribution in [-0.4, -0.2) is 11.4 Å². The van der Waals surface area contributed by atoms with Gasteiger partial charge in [0.05, 0.1) is 11.6 Å². The zero-order valence-electron chi connectivity index (χ0n) is 12.9. The number of benzene rings is 1. The third kappa shape index (κ3) is 3.21. The fourth-order valence-electron chi connectivity index (χ4n) is 2.60. The molecule has 0 spiro atoms. The Balaban J connectivity index is 2.19. The summed E-state index contributed by atoms with van der Waals surface area (Å²) in [6.45, 7) is 8.26. The van der Waals surface area contributed by atoms with E-state index in [4.69, 9.17) is 5.73 Å². The summed E-state index contributed by atoms with van der Waals surface area (Å²) >= 11 is 0. The Morgan fingerprint density at radius 1 is 1.20 bits per heavy atom. The molecule has 2 unspecified atom stereocenters. The van der Waals surface area contributed by atoms with Crippen LogP contribution in [0.25, 0.3) is 0 Å². The molecule has 0 aromatic heterocycles. The fourth-order valence-corrected chi connectivity index (χ4v) is 2.60. The molecule has 3 nitrogen and oxygen atoms in total.